The monoisotopic (exact) mass is 972 g/mol. The van der Waals surface area contributed by atoms with E-state index >= 15 is 0 Å². The van der Waals surface area contributed by atoms with E-state index in [4.69, 9.17) is 61.6 Å². The highest BCUT2D eigenvalue weighted by molar-refractivity contribution is 5.68. The highest BCUT2D eigenvalue weighted by Gasteiger charge is 2.57. The van der Waals surface area contributed by atoms with Crippen LogP contribution in [0.3, 0.4) is 0 Å². The fourth-order valence-electron chi connectivity index (χ4n) is 8.15. The number of hydrogen-bond acceptors (Lipinski definition) is 28. The van der Waals surface area contributed by atoms with Gasteiger partial charge in [0.05, 0.1) is 33.0 Å². The number of ether oxygens (including phenoxy) is 13. The number of methoxy groups -OCH3 is 2. The van der Waals surface area contributed by atoms with Gasteiger partial charge in [0.25, 0.3) is 0 Å². The van der Waals surface area contributed by atoms with Gasteiger partial charge in [-0.3, -0.25) is 0 Å². The van der Waals surface area contributed by atoms with Crippen molar-refractivity contribution in [2.45, 2.75) is 154 Å². The summed E-state index contributed by atoms with van der Waals surface area (Å²) in [6.45, 7) is -6.80. The first-order valence-corrected chi connectivity index (χ1v) is 20.5. The summed E-state index contributed by atoms with van der Waals surface area (Å²) in [5.41, 5.74) is 0. The molecule has 5 saturated heterocycles. The maximum absolute atomic E-state index is 11.6. The van der Waals surface area contributed by atoms with E-state index in [0.717, 1.165) is 7.11 Å². The van der Waals surface area contributed by atoms with Gasteiger partial charge in [0.15, 0.2) is 31.5 Å². The molecule has 5 rings (SSSR count). The van der Waals surface area contributed by atoms with Crippen molar-refractivity contribution in [3.05, 3.63) is 0 Å². The Hall–Kier alpha value is -2.10. The van der Waals surface area contributed by atoms with Gasteiger partial charge in [-0.15, -0.1) is 0 Å². The lowest BCUT2D eigenvalue weighted by molar-refractivity contribution is -0.395. The van der Waals surface area contributed by atoms with E-state index in [1.807, 2.05) is 0 Å². The SMILES string of the molecule is CO[C@@H]1OC(CO)[C@@H](O[C@@H]2OC(CO)[C@@H](O[C@@H]3OC(CO)[C@@H](O[C@@H]4OC(CO)[C@@H](O[C@@H]5OC(CO)[C@@H](OC)C(O)C5O)C(O)C4OCC(=O)O)C(O)C3O)C(O)C2OCC(=O)O)C(O)C1O. The summed E-state index contributed by atoms with van der Waals surface area (Å²) in [6, 6.07) is 0. The van der Waals surface area contributed by atoms with Gasteiger partial charge in [-0.25, -0.2) is 9.59 Å². The average molecular weight is 973 g/mol. The molecule has 5 fully saturated rings. The molecule has 30 nitrogen and oxygen atoms in total. The summed E-state index contributed by atoms with van der Waals surface area (Å²) in [4.78, 5) is 23.1. The minimum Gasteiger partial charge on any atom is -0.480 e. The molecule has 0 amide bonds. The number of aliphatic carboxylic acids is 2. The molecule has 0 aliphatic carbocycles. The van der Waals surface area contributed by atoms with E-state index in [0.29, 0.717) is 0 Å². The Morgan fingerprint density at radius 1 is 0.364 bits per heavy atom. The lowest BCUT2D eigenvalue weighted by atomic mass is 9.95. The summed E-state index contributed by atoms with van der Waals surface area (Å²) >= 11 is 0. The van der Waals surface area contributed by atoms with Crippen molar-refractivity contribution in [3.63, 3.8) is 0 Å². The lowest BCUT2D eigenvalue weighted by Gasteiger charge is -2.50. The molecule has 66 heavy (non-hydrogen) atoms. The fourth-order valence-corrected chi connectivity index (χ4v) is 8.15. The number of hydrogen-bond donors (Lipinski definition) is 15. The number of aliphatic hydroxyl groups is 13. The van der Waals surface area contributed by atoms with Gasteiger partial charge in [0.1, 0.15) is 135 Å². The molecule has 384 valence electrons. The standard InChI is InChI=1S/C36H60O30/c1-54-25-10(3-37)59-33(21(50)17(25)46)63-28-13(6-40)62-36(31(23(28)52)57-9-16(44)45)66-27-12(5-39)60-34(22(51)19(27)48)64-29-14(7-41)61-35(30(24(29)53)56-8-15(42)43)65-26-11(4-38)58-32(55-2)20(49)18(26)47/h10-14,17-41,46-53H,3-9H2,1-2H3,(H,42,43)(H,44,45)/t10?,11?,12?,13?,14?,17?,18?,19?,20?,21?,22?,23?,24?,25-,26-,27-,28-,29-,30?,31?,32-,33+,34+,35+,36+/m1/s1. The van der Waals surface area contributed by atoms with E-state index in [1.54, 1.807) is 0 Å². The first-order valence-electron chi connectivity index (χ1n) is 20.5. The zero-order chi connectivity index (χ0) is 48.7. The number of rotatable bonds is 21. The van der Waals surface area contributed by atoms with E-state index in [9.17, 15) is 86.2 Å². The lowest BCUT2D eigenvalue weighted by Crippen LogP contribution is -2.68. The van der Waals surface area contributed by atoms with Crippen molar-refractivity contribution in [3.8, 4) is 0 Å². The Morgan fingerprint density at radius 3 is 0.955 bits per heavy atom. The van der Waals surface area contributed by atoms with Crippen molar-refractivity contribution in [2.24, 2.45) is 0 Å². The Morgan fingerprint density at radius 2 is 0.636 bits per heavy atom. The summed E-state index contributed by atoms with van der Waals surface area (Å²) in [5.74, 6) is -3.11. The van der Waals surface area contributed by atoms with E-state index in [2.05, 4.69) is 0 Å². The van der Waals surface area contributed by atoms with E-state index in [-0.39, 0.29) is 0 Å². The molecule has 0 aromatic carbocycles. The first kappa shape index (κ1) is 54.8. The molecule has 15 N–H and O–H groups in total. The number of carboxylic acids is 2. The van der Waals surface area contributed by atoms with Crippen LogP contribution in [0.2, 0.25) is 0 Å². The van der Waals surface area contributed by atoms with Crippen LogP contribution in [0.15, 0.2) is 0 Å². The zero-order valence-electron chi connectivity index (χ0n) is 35.2. The molecule has 5 aliphatic heterocycles. The van der Waals surface area contributed by atoms with Crippen LogP contribution in [0.1, 0.15) is 0 Å². The van der Waals surface area contributed by atoms with Crippen molar-refractivity contribution in [1.29, 1.82) is 0 Å². The number of aliphatic hydroxyl groups excluding tert-OH is 13. The third-order valence-corrected chi connectivity index (χ3v) is 11.5. The molecule has 5 aliphatic rings. The van der Waals surface area contributed by atoms with Crippen LogP contribution in [0.25, 0.3) is 0 Å². The summed E-state index contributed by atoms with van der Waals surface area (Å²) in [7, 11) is 2.32. The molecule has 0 aromatic rings. The van der Waals surface area contributed by atoms with Gasteiger partial charge in [-0.1, -0.05) is 0 Å². The minimum atomic E-state index is -2.21. The second kappa shape index (κ2) is 24.6. The molecular formula is C36H60O30. The largest absolute Gasteiger partial charge is 0.480 e. The molecule has 15 unspecified atom stereocenters. The molecule has 0 bridgehead atoms. The van der Waals surface area contributed by atoms with Gasteiger partial charge in [0.2, 0.25) is 0 Å². The van der Waals surface area contributed by atoms with Gasteiger partial charge < -0.3 is 138 Å². The van der Waals surface area contributed by atoms with Gasteiger partial charge >= 0.3 is 11.9 Å². The van der Waals surface area contributed by atoms with Crippen molar-refractivity contribution in [1.82, 2.24) is 0 Å². The smallest absolute Gasteiger partial charge is 0.329 e. The second-order valence-corrected chi connectivity index (χ2v) is 15.7. The van der Waals surface area contributed by atoms with Crippen molar-refractivity contribution in [2.75, 3.05) is 60.5 Å². The highest BCUT2D eigenvalue weighted by Crippen LogP contribution is 2.37. The summed E-state index contributed by atoms with van der Waals surface area (Å²) in [6.07, 6.45) is -44.7. The van der Waals surface area contributed by atoms with Gasteiger partial charge in [0, 0.05) is 14.2 Å². The predicted molar refractivity (Wildman–Crippen MR) is 199 cm³/mol. The molecular weight excluding hydrogens is 912 g/mol. The van der Waals surface area contributed by atoms with Crippen LogP contribution >= 0.6 is 0 Å². The van der Waals surface area contributed by atoms with Crippen LogP contribution in [0.4, 0.5) is 0 Å². The minimum absolute atomic E-state index is 0.725. The second-order valence-electron chi connectivity index (χ2n) is 15.7. The van der Waals surface area contributed by atoms with Gasteiger partial charge in [-0.2, -0.15) is 0 Å². The Bertz CT molecular complexity index is 1490. The van der Waals surface area contributed by atoms with Crippen LogP contribution in [0, 0.1) is 0 Å². The molecule has 5 heterocycles. The van der Waals surface area contributed by atoms with Crippen molar-refractivity contribution < 1.29 is 148 Å². The number of carbonyl (C=O) groups is 2. The molecule has 30 heteroatoms. The van der Waals surface area contributed by atoms with Crippen LogP contribution < -0.4 is 0 Å². The highest BCUT2D eigenvalue weighted by atomic mass is 16.8. The maximum Gasteiger partial charge on any atom is 0.329 e. The molecule has 0 saturated carbocycles. The van der Waals surface area contributed by atoms with Crippen LogP contribution in [-0.2, 0) is 71.2 Å². The Labute approximate surface area is 373 Å². The third-order valence-electron chi connectivity index (χ3n) is 11.5. The number of carboxylic acid groups (broad SMARTS) is 2. The Kier molecular flexibility index (Phi) is 20.5. The first-order chi connectivity index (χ1) is 31.4. The van der Waals surface area contributed by atoms with Gasteiger partial charge in [-0.05, 0) is 0 Å². The summed E-state index contributed by atoms with van der Waals surface area (Å²) in [5, 5.41) is 158. The normalized spacial score (nSPS) is 46.8. The van der Waals surface area contributed by atoms with Crippen LogP contribution in [0.5, 0.6) is 0 Å². The third kappa shape index (κ3) is 12.1. The topological polar surface area (TPSA) is 458 Å². The predicted octanol–water partition coefficient (Wildman–Crippen LogP) is -10.4. The zero-order valence-corrected chi connectivity index (χ0v) is 35.2. The van der Waals surface area contributed by atoms with Crippen molar-refractivity contribution >= 4 is 11.9 Å². The molecule has 0 spiro atoms. The molecule has 0 radical (unpaired) electrons. The average Bonchev–Trinajstić information content (AvgIpc) is 3.29. The van der Waals surface area contributed by atoms with Crippen LogP contribution in [-0.4, -0.2) is 303 Å². The Balaban J connectivity index is 1.33. The van der Waals surface area contributed by atoms with E-state index < -0.39 is 212 Å². The quantitative estimate of drug-likeness (QED) is 0.0508. The summed E-state index contributed by atoms with van der Waals surface area (Å²) < 4.78 is 72.0. The fraction of sp³-hybridized carbons (Fsp3) is 0.944. The molecule has 25 atom stereocenters. The molecule has 0 aromatic heterocycles. The van der Waals surface area contributed by atoms with E-state index in [1.165, 1.54) is 7.11 Å². The maximum atomic E-state index is 11.6.